The Bertz CT molecular complexity index is 385. The molecule has 0 saturated heterocycles. The van der Waals surface area contributed by atoms with Crippen LogP contribution in [0.5, 0.6) is 0 Å². The zero-order valence-electron chi connectivity index (χ0n) is 9.01. The summed E-state index contributed by atoms with van der Waals surface area (Å²) in [4.78, 5) is 8.10. The first-order valence-electron chi connectivity index (χ1n) is 4.40. The van der Waals surface area contributed by atoms with Gasteiger partial charge < -0.3 is 5.73 Å². The lowest BCUT2D eigenvalue weighted by molar-refractivity contribution is -0.804. The van der Waals surface area contributed by atoms with Crippen LogP contribution in [-0.4, -0.2) is 39.5 Å². The van der Waals surface area contributed by atoms with Crippen molar-refractivity contribution in [1.82, 2.24) is 9.97 Å². The summed E-state index contributed by atoms with van der Waals surface area (Å²) in [5, 5.41) is 4.67. The van der Waals surface area contributed by atoms with Crippen molar-refractivity contribution in [1.29, 1.82) is 0 Å². The van der Waals surface area contributed by atoms with E-state index in [9.17, 15) is 0 Å². The molecule has 0 spiro atoms. The smallest absolute Gasteiger partial charge is 0.293 e. The quantitative estimate of drug-likeness (QED) is 0.344. The van der Waals surface area contributed by atoms with Crippen molar-refractivity contribution < 1.29 is 4.59 Å². The van der Waals surface area contributed by atoms with Crippen molar-refractivity contribution in [3.63, 3.8) is 0 Å². The van der Waals surface area contributed by atoms with Crippen LogP contribution in [0.3, 0.4) is 0 Å². The highest BCUT2D eigenvalue weighted by Crippen LogP contribution is 2.02. The fourth-order valence-corrected chi connectivity index (χ4v) is 1.00. The molecule has 15 heavy (non-hydrogen) atoms. The maximum Gasteiger partial charge on any atom is 0.293 e. The summed E-state index contributed by atoms with van der Waals surface area (Å²) in [5.41, 5.74) is 7.03. The fourth-order valence-electron chi connectivity index (χ4n) is 0.961. The average molecular weight is 224 g/mol. The van der Waals surface area contributed by atoms with E-state index < -0.39 is 0 Å². The highest BCUT2D eigenvalue weighted by molar-refractivity contribution is 7.79. The molecule has 0 aliphatic carbocycles. The number of nitrogens with two attached hydrogens (primary N) is 1. The monoisotopic (exact) mass is 224 g/mol. The van der Waals surface area contributed by atoms with Crippen LogP contribution in [0.4, 0.5) is 0 Å². The first-order chi connectivity index (χ1) is 6.93. The minimum absolute atomic E-state index is 0.109. The van der Waals surface area contributed by atoms with E-state index in [1.165, 1.54) is 0 Å². The molecule has 0 aromatic carbocycles. The molecule has 0 radical (unpaired) electrons. The van der Waals surface area contributed by atoms with Gasteiger partial charge in [-0.3, -0.25) is 9.97 Å². The van der Waals surface area contributed by atoms with Crippen LogP contribution in [-0.2, 0) is 0 Å². The number of rotatable bonds is 2. The van der Waals surface area contributed by atoms with Gasteiger partial charge in [0, 0.05) is 24.6 Å². The largest absolute Gasteiger partial charge is 0.343 e. The second-order valence-corrected chi connectivity index (χ2v) is 3.93. The standard InChI is InChI=1S/C9H13N5S/c1-7(8-6-11-4-5-12-8)13-14(2,3)9(10)15/h4-6H,1-3H3,(H-,10,15)/p+1/b13-7+. The fraction of sp³-hybridized carbons (Fsp3) is 0.333. The number of hydrogen-bond acceptors (Lipinski definition) is 4. The molecule has 5 nitrogen and oxygen atoms in total. The molecule has 1 rings (SSSR count). The van der Waals surface area contributed by atoms with Crippen LogP contribution >= 0.6 is 12.2 Å². The van der Waals surface area contributed by atoms with Crippen molar-refractivity contribution in [3.8, 4) is 0 Å². The van der Waals surface area contributed by atoms with Crippen LogP contribution < -0.4 is 5.73 Å². The molecule has 0 saturated carbocycles. The second kappa shape index (κ2) is 4.41. The molecule has 0 atom stereocenters. The van der Waals surface area contributed by atoms with Gasteiger partial charge in [-0.15, -0.1) is 4.59 Å². The molecule has 80 valence electrons. The van der Waals surface area contributed by atoms with Crippen molar-refractivity contribution in [3.05, 3.63) is 24.3 Å². The molecule has 0 fully saturated rings. The van der Waals surface area contributed by atoms with E-state index in [-0.39, 0.29) is 4.59 Å². The Morgan fingerprint density at radius 2 is 2.13 bits per heavy atom. The Balaban J connectivity index is 3.00. The lowest BCUT2D eigenvalue weighted by atomic mass is 10.3. The van der Waals surface area contributed by atoms with Gasteiger partial charge in [-0.25, -0.2) is 0 Å². The van der Waals surface area contributed by atoms with Gasteiger partial charge in [-0.05, 0) is 6.92 Å². The topological polar surface area (TPSA) is 64.2 Å². The molecular formula is C9H14N5S+. The average Bonchev–Trinajstić information content (AvgIpc) is 2.18. The molecule has 6 heteroatoms. The molecule has 0 aliphatic rings. The van der Waals surface area contributed by atoms with Gasteiger partial charge in [0.15, 0.2) is 0 Å². The normalized spacial score (nSPS) is 12.6. The number of hydrogen-bond donors (Lipinski definition) is 1. The summed E-state index contributed by atoms with van der Waals surface area (Å²) in [6, 6.07) is 0. The molecule has 0 aliphatic heterocycles. The highest BCUT2D eigenvalue weighted by Gasteiger charge is 2.19. The summed E-state index contributed by atoms with van der Waals surface area (Å²) in [6.07, 6.45) is 4.89. The molecule has 0 bridgehead atoms. The minimum Gasteiger partial charge on any atom is -0.343 e. The van der Waals surface area contributed by atoms with Gasteiger partial charge in [-0.2, -0.15) is 0 Å². The number of thiocarbonyl (C=S) groups is 1. The Kier molecular flexibility index (Phi) is 3.43. The Morgan fingerprint density at radius 3 is 2.60 bits per heavy atom. The van der Waals surface area contributed by atoms with Crippen LogP contribution in [0.1, 0.15) is 12.6 Å². The van der Waals surface area contributed by atoms with Crippen molar-refractivity contribution >= 4 is 23.0 Å². The second-order valence-electron chi connectivity index (χ2n) is 3.51. The van der Waals surface area contributed by atoms with Gasteiger partial charge in [0.25, 0.3) is 5.11 Å². The van der Waals surface area contributed by atoms with E-state index in [1.807, 2.05) is 21.0 Å². The van der Waals surface area contributed by atoms with Gasteiger partial charge >= 0.3 is 0 Å². The van der Waals surface area contributed by atoms with E-state index in [1.54, 1.807) is 18.6 Å². The maximum absolute atomic E-state index is 5.56. The van der Waals surface area contributed by atoms with Crippen molar-refractivity contribution in [2.24, 2.45) is 10.8 Å². The number of aromatic nitrogens is 2. The summed E-state index contributed by atoms with van der Waals surface area (Å²) in [7, 11) is 3.62. The Hall–Kier alpha value is -1.40. The molecule has 0 amide bonds. The van der Waals surface area contributed by atoms with Crippen molar-refractivity contribution in [2.75, 3.05) is 14.1 Å². The molecule has 1 aromatic rings. The zero-order valence-corrected chi connectivity index (χ0v) is 9.82. The van der Waals surface area contributed by atoms with E-state index in [2.05, 4.69) is 15.1 Å². The van der Waals surface area contributed by atoms with Gasteiger partial charge in [-0.1, -0.05) is 5.10 Å². The summed E-state index contributed by atoms with van der Waals surface area (Å²) in [5.74, 6) is 0. The van der Waals surface area contributed by atoms with Crippen LogP contribution in [0.25, 0.3) is 0 Å². The number of quaternary nitrogens is 1. The van der Waals surface area contributed by atoms with Crippen LogP contribution in [0.2, 0.25) is 0 Å². The van der Waals surface area contributed by atoms with Gasteiger partial charge in [0.1, 0.15) is 11.4 Å². The minimum atomic E-state index is 0.109. The summed E-state index contributed by atoms with van der Waals surface area (Å²) >= 11 is 4.91. The van der Waals surface area contributed by atoms with E-state index in [4.69, 9.17) is 18.0 Å². The SMILES string of the molecule is C/C(=N\[N+](C)(C)C(N)=S)c1cnccn1. The lowest BCUT2D eigenvalue weighted by Gasteiger charge is -2.19. The summed E-state index contributed by atoms with van der Waals surface area (Å²) in [6.45, 7) is 1.85. The molecule has 2 N–H and O–H groups in total. The maximum atomic E-state index is 5.56. The Morgan fingerprint density at radius 1 is 1.47 bits per heavy atom. The predicted molar refractivity (Wildman–Crippen MR) is 63.1 cm³/mol. The first-order valence-corrected chi connectivity index (χ1v) is 4.81. The summed E-state index contributed by atoms with van der Waals surface area (Å²) < 4.78 is 0.109. The van der Waals surface area contributed by atoms with Gasteiger partial charge in [0.05, 0.1) is 20.3 Å². The van der Waals surface area contributed by atoms with E-state index in [0.29, 0.717) is 5.11 Å². The van der Waals surface area contributed by atoms with Crippen LogP contribution in [0.15, 0.2) is 23.7 Å². The third-order valence-corrected chi connectivity index (χ3v) is 2.32. The first kappa shape index (κ1) is 11.7. The molecule has 1 aromatic heterocycles. The van der Waals surface area contributed by atoms with Gasteiger partial charge in [0.2, 0.25) is 0 Å². The predicted octanol–water partition coefficient (Wildman–Crippen LogP) is 0.521. The molecular weight excluding hydrogens is 210 g/mol. The third-order valence-electron chi connectivity index (χ3n) is 1.87. The highest BCUT2D eigenvalue weighted by atomic mass is 32.1. The zero-order chi connectivity index (χ0) is 11.5. The van der Waals surface area contributed by atoms with E-state index >= 15 is 0 Å². The molecule has 0 unspecified atom stereocenters. The molecule has 1 heterocycles. The van der Waals surface area contributed by atoms with Crippen molar-refractivity contribution in [2.45, 2.75) is 6.92 Å². The number of nitrogens with zero attached hydrogens (tertiary/aromatic N) is 4. The third kappa shape index (κ3) is 3.03. The van der Waals surface area contributed by atoms with Crippen LogP contribution in [0, 0.1) is 0 Å². The van der Waals surface area contributed by atoms with E-state index in [0.717, 1.165) is 11.4 Å². The Labute approximate surface area is 94.2 Å². The lowest BCUT2D eigenvalue weighted by Crippen LogP contribution is -2.44.